The molecule has 1 aliphatic heterocycles. The highest BCUT2D eigenvalue weighted by atomic mass is 127. The SMILES string of the molecule is CCOC1CC(N=C(N)Nc2ccc3c(c2)CCC3)C12CCOCC2.I. The Labute approximate surface area is 173 Å². The first-order valence-electron chi connectivity index (χ1n) is 9.63. The van der Waals surface area contributed by atoms with Crippen LogP contribution in [0, 0.1) is 5.41 Å². The zero-order valence-corrected chi connectivity index (χ0v) is 17.8. The summed E-state index contributed by atoms with van der Waals surface area (Å²) in [6.07, 6.45) is 6.90. The molecule has 0 aromatic heterocycles. The normalized spacial score (nSPS) is 26.7. The summed E-state index contributed by atoms with van der Waals surface area (Å²) < 4.78 is 11.5. The molecule has 1 aromatic rings. The number of guanidine groups is 1. The van der Waals surface area contributed by atoms with Crippen LogP contribution in [0.4, 0.5) is 5.69 Å². The van der Waals surface area contributed by atoms with Crippen molar-refractivity contribution in [2.75, 3.05) is 25.1 Å². The first-order valence-corrected chi connectivity index (χ1v) is 9.63. The number of nitrogens with one attached hydrogen (secondary N) is 1. The molecule has 1 aromatic carbocycles. The highest BCUT2D eigenvalue weighted by molar-refractivity contribution is 14.0. The summed E-state index contributed by atoms with van der Waals surface area (Å²) >= 11 is 0. The van der Waals surface area contributed by atoms with Gasteiger partial charge in [-0.2, -0.15) is 0 Å². The Morgan fingerprint density at radius 2 is 2.08 bits per heavy atom. The smallest absolute Gasteiger partial charge is 0.193 e. The van der Waals surface area contributed by atoms with Crippen LogP contribution in [0.15, 0.2) is 23.2 Å². The second-order valence-electron chi connectivity index (χ2n) is 7.52. The lowest BCUT2D eigenvalue weighted by Gasteiger charge is -2.55. The van der Waals surface area contributed by atoms with E-state index in [-0.39, 0.29) is 35.4 Å². The fraction of sp³-hybridized carbons (Fsp3) is 0.650. The molecule has 1 heterocycles. The summed E-state index contributed by atoms with van der Waals surface area (Å²) in [6, 6.07) is 6.78. The Morgan fingerprint density at radius 1 is 1.31 bits per heavy atom. The number of nitrogens with zero attached hydrogens (tertiary/aromatic N) is 1. The lowest BCUT2D eigenvalue weighted by Crippen LogP contribution is -2.60. The van der Waals surface area contributed by atoms with E-state index in [0.29, 0.717) is 12.1 Å². The van der Waals surface area contributed by atoms with Gasteiger partial charge in [0.05, 0.1) is 12.1 Å². The highest BCUT2D eigenvalue weighted by Gasteiger charge is 2.56. The van der Waals surface area contributed by atoms with Crippen molar-refractivity contribution in [1.82, 2.24) is 0 Å². The van der Waals surface area contributed by atoms with E-state index in [0.717, 1.165) is 44.8 Å². The Hall–Kier alpha value is -0.860. The van der Waals surface area contributed by atoms with Gasteiger partial charge in [-0.25, -0.2) is 4.99 Å². The maximum absolute atomic E-state index is 6.24. The molecule has 6 heteroatoms. The van der Waals surface area contributed by atoms with Gasteiger partial charge >= 0.3 is 0 Å². The van der Waals surface area contributed by atoms with Crippen molar-refractivity contribution >= 4 is 35.6 Å². The summed E-state index contributed by atoms with van der Waals surface area (Å²) in [6.45, 7) is 4.42. The van der Waals surface area contributed by atoms with Gasteiger partial charge in [0.1, 0.15) is 0 Å². The molecule has 2 atom stereocenters. The zero-order valence-electron chi connectivity index (χ0n) is 15.5. The Morgan fingerprint density at radius 3 is 2.85 bits per heavy atom. The molecule has 5 nitrogen and oxygen atoms in total. The summed E-state index contributed by atoms with van der Waals surface area (Å²) in [5, 5.41) is 3.30. The van der Waals surface area contributed by atoms with Gasteiger partial charge in [0, 0.05) is 30.9 Å². The third-order valence-corrected chi connectivity index (χ3v) is 6.20. The molecule has 3 N–H and O–H groups in total. The molecule has 1 saturated carbocycles. The van der Waals surface area contributed by atoms with E-state index in [4.69, 9.17) is 20.2 Å². The molecule has 1 saturated heterocycles. The number of halogens is 1. The van der Waals surface area contributed by atoms with Gasteiger partial charge < -0.3 is 20.5 Å². The first-order chi connectivity index (χ1) is 12.2. The molecule has 2 aliphatic carbocycles. The van der Waals surface area contributed by atoms with Crippen molar-refractivity contribution in [3.8, 4) is 0 Å². The lowest BCUT2D eigenvalue weighted by atomic mass is 9.58. The van der Waals surface area contributed by atoms with Crippen LogP contribution in [0.1, 0.15) is 43.7 Å². The molecule has 3 aliphatic rings. The first kappa shape index (κ1) is 19.9. The molecule has 0 amide bonds. The zero-order chi connectivity index (χ0) is 17.3. The van der Waals surface area contributed by atoms with Crippen molar-refractivity contribution in [3.05, 3.63) is 29.3 Å². The predicted octanol–water partition coefficient (Wildman–Crippen LogP) is 3.49. The van der Waals surface area contributed by atoms with E-state index in [1.54, 1.807) is 0 Å². The maximum atomic E-state index is 6.24. The van der Waals surface area contributed by atoms with E-state index in [1.807, 2.05) is 0 Å². The number of hydrogen-bond acceptors (Lipinski definition) is 3. The van der Waals surface area contributed by atoms with E-state index < -0.39 is 0 Å². The minimum Gasteiger partial charge on any atom is -0.381 e. The van der Waals surface area contributed by atoms with Crippen LogP contribution >= 0.6 is 24.0 Å². The largest absolute Gasteiger partial charge is 0.381 e. The summed E-state index contributed by atoms with van der Waals surface area (Å²) in [4.78, 5) is 4.83. The van der Waals surface area contributed by atoms with Crippen LogP contribution in [0.3, 0.4) is 0 Å². The monoisotopic (exact) mass is 471 g/mol. The van der Waals surface area contributed by atoms with Gasteiger partial charge in [-0.15, -0.1) is 24.0 Å². The number of hydrogen-bond donors (Lipinski definition) is 2. The minimum atomic E-state index is 0. The van der Waals surface area contributed by atoms with Gasteiger partial charge in [-0.05, 0) is 68.7 Å². The van der Waals surface area contributed by atoms with Crippen LogP contribution in [0.2, 0.25) is 0 Å². The lowest BCUT2D eigenvalue weighted by molar-refractivity contribution is -0.163. The molecule has 26 heavy (non-hydrogen) atoms. The van der Waals surface area contributed by atoms with Crippen LogP contribution in [-0.4, -0.2) is 37.9 Å². The number of anilines is 1. The minimum absolute atomic E-state index is 0. The van der Waals surface area contributed by atoms with Gasteiger partial charge in [-0.1, -0.05) is 6.07 Å². The standard InChI is InChI=1S/C20H29N3O2.HI/c1-2-25-18-13-17(20(18)8-10-24-11-9-20)23-19(21)22-16-7-6-14-4-3-5-15(14)12-16;/h6-7,12,17-18H,2-5,8-11,13H2,1H3,(H3,21,22,23);1H. The highest BCUT2D eigenvalue weighted by Crippen LogP contribution is 2.52. The van der Waals surface area contributed by atoms with Crippen LogP contribution in [-0.2, 0) is 22.3 Å². The summed E-state index contributed by atoms with van der Waals surface area (Å²) in [5.74, 6) is 0.517. The number of aliphatic imine (C=N–C) groups is 1. The van der Waals surface area contributed by atoms with E-state index in [9.17, 15) is 0 Å². The second-order valence-corrected chi connectivity index (χ2v) is 7.52. The van der Waals surface area contributed by atoms with Crippen LogP contribution < -0.4 is 11.1 Å². The quantitative estimate of drug-likeness (QED) is 0.401. The molecule has 0 radical (unpaired) electrons. The van der Waals surface area contributed by atoms with Crippen LogP contribution in [0.25, 0.3) is 0 Å². The van der Waals surface area contributed by atoms with Crippen molar-refractivity contribution < 1.29 is 9.47 Å². The fourth-order valence-corrected chi connectivity index (χ4v) is 4.75. The Kier molecular flexibility index (Phi) is 6.45. The van der Waals surface area contributed by atoms with E-state index >= 15 is 0 Å². The molecule has 144 valence electrons. The molecule has 2 fully saturated rings. The van der Waals surface area contributed by atoms with E-state index in [1.165, 1.54) is 30.4 Å². The average molecular weight is 471 g/mol. The summed E-state index contributed by atoms with van der Waals surface area (Å²) in [5.41, 5.74) is 10.3. The van der Waals surface area contributed by atoms with Crippen molar-refractivity contribution in [1.29, 1.82) is 0 Å². The van der Waals surface area contributed by atoms with Crippen molar-refractivity contribution in [2.45, 2.75) is 57.6 Å². The molecule has 2 unspecified atom stereocenters. The third kappa shape index (κ3) is 3.73. The fourth-order valence-electron chi connectivity index (χ4n) is 4.75. The van der Waals surface area contributed by atoms with Crippen LogP contribution in [0.5, 0.6) is 0 Å². The second kappa shape index (κ2) is 8.44. The van der Waals surface area contributed by atoms with Gasteiger partial charge in [0.15, 0.2) is 5.96 Å². The number of benzene rings is 1. The molecular formula is C20H30IN3O2. The molecule has 0 bridgehead atoms. The Bertz CT molecular complexity index is 658. The third-order valence-electron chi connectivity index (χ3n) is 6.20. The van der Waals surface area contributed by atoms with Gasteiger partial charge in [-0.3, -0.25) is 0 Å². The number of nitrogens with two attached hydrogens (primary N) is 1. The van der Waals surface area contributed by atoms with Gasteiger partial charge in [0.25, 0.3) is 0 Å². The maximum Gasteiger partial charge on any atom is 0.193 e. The molecule has 4 rings (SSSR count). The number of aryl methyl sites for hydroxylation is 2. The topological polar surface area (TPSA) is 68.9 Å². The molecule has 1 spiro atoms. The van der Waals surface area contributed by atoms with Gasteiger partial charge in [0.2, 0.25) is 0 Å². The van der Waals surface area contributed by atoms with Crippen molar-refractivity contribution in [2.24, 2.45) is 16.1 Å². The Balaban J connectivity index is 0.00000196. The number of ether oxygens (including phenoxy) is 2. The number of rotatable bonds is 4. The summed E-state index contributed by atoms with van der Waals surface area (Å²) in [7, 11) is 0. The van der Waals surface area contributed by atoms with E-state index in [2.05, 4.69) is 30.4 Å². The van der Waals surface area contributed by atoms with Crippen molar-refractivity contribution in [3.63, 3.8) is 0 Å². The average Bonchev–Trinajstić information content (AvgIpc) is 3.09. The molecular weight excluding hydrogens is 441 g/mol. The number of fused-ring (bicyclic) bond motifs is 1. The predicted molar refractivity (Wildman–Crippen MR) is 115 cm³/mol.